The maximum absolute atomic E-state index is 13.5. The van der Waals surface area contributed by atoms with E-state index in [4.69, 9.17) is 4.74 Å². The lowest BCUT2D eigenvalue weighted by atomic mass is 9.98. The van der Waals surface area contributed by atoms with Gasteiger partial charge in [0.1, 0.15) is 11.6 Å². The van der Waals surface area contributed by atoms with Gasteiger partial charge in [0.2, 0.25) is 0 Å². The Labute approximate surface area is 98.6 Å². The molecule has 17 heavy (non-hydrogen) atoms. The van der Waals surface area contributed by atoms with Gasteiger partial charge >= 0.3 is 0 Å². The molecule has 0 amide bonds. The molecule has 1 atom stereocenters. The molecule has 0 radical (unpaired) electrons. The van der Waals surface area contributed by atoms with Gasteiger partial charge in [0.05, 0.1) is 12.5 Å². The van der Waals surface area contributed by atoms with Crippen LogP contribution in [0.15, 0.2) is 18.2 Å². The highest BCUT2D eigenvalue weighted by molar-refractivity contribution is 6.14. The van der Waals surface area contributed by atoms with Crippen LogP contribution in [0.25, 0.3) is 0 Å². The Bertz CT molecular complexity index is 468. The highest BCUT2D eigenvalue weighted by atomic mass is 19.1. The second-order valence-corrected chi connectivity index (χ2v) is 4.10. The minimum atomic E-state index is -0.725. The Hall–Kier alpha value is -1.55. The van der Waals surface area contributed by atoms with Crippen molar-refractivity contribution in [2.75, 3.05) is 13.7 Å². The Morgan fingerprint density at radius 2 is 2.29 bits per heavy atom. The highest BCUT2D eigenvalue weighted by Crippen LogP contribution is 2.29. The molecule has 3 nitrogen and oxygen atoms in total. The number of halogens is 1. The number of carbonyl (C=O) groups is 2. The SMILES string of the molecule is COCCC(=O)C1Cc2c(F)cccc2C1=O. The van der Waals surface area contributed by atoms with Gasteiger partial charge in [-0.3, -0.25) is 9.59 Å². The predicted molar refractivity (Wildman–Crippen MR) is 59.4 cm³/mol. The first kappa shape index (κ1) is 11.9. The van der Waals surface area contributed by atoms with E-state index in [1.54, 1.807) is 6.07 Å². The van der Waals surface area contributed by atoms with Crippen LogP contribution in [0, 0.1) is 11.7 Å². The van der Waals surface area contributed by atoms with Crippen molar-refractivity contribution in [3.8, 4) is 0 Å². The number of Topliss-reactive ketones (excluding diaryl/α,β-unsaturated/α-hetero) is 2. The van der Waals surface area contributed by atoms with E-state index in [2.05, 4.69) is 0 Å². The van der Waals surface area contributed by atoms with Crippen molar-refractivity contribution in [1.29, 1.82) is 0 Å². The second-order valence-electron chi connectivity index (χ2n) is 4.10. The molecule has 0 saturated heterocycles. The fourth-order valence-corrected chi connectivity index (χ4v) is 2.12. The topological polar surface area (TPSA) is 43.4 Å². The third-order valence-electron chi connectivity index (χ3n) is 3.05. The van der Waals surface area contributed by atoms with E-state index < -0.39 is 11.7 Å². The molecule has 0 spiro atoms. The van der Waals surface area contributed by atoms with E-state index in [1.807, 2.05) is 0 Å². The predicted octanol–water partition coefficient (Wildman–Crippen LogP) is 1.79. The van der Waals surface area contributed by atoms with Gasteiger partial charge in [-0.25, -0.2) is 4.39 Å². The van der Waals surface area contributed by atoms with Crippen molar-refractivity contribution < 1.29 is 18.7 Å². The first-order chi connectivity index (χ1) is 8.15. The number of benzene rings is 1. The molecule has 0 N–H and O–H groups in total. The molecule has 0 bridgehead atoms. The van der Waals surface area contributed by atoms with Gasteiger partial charge in [0, 0.05) is 19.1 Å². The van der Waals surface area contributed by atoms with Gasteiger partial charge in [0.25, 0.3) is 0 Å². The van der Waals surface area contributed by atoms with Crippen molar-refractivity contribution in [3.05, 3.63) is 35.1 Å². The largest absolute Gasteiger partial charge is 0.384 e. The summed E-state index contributed by atoms with van der Waals surface area (Å²) in [7, 11) is 1.50. The highest BCUT2D eigenvalue weighted by Gasteiger charge is 2.36. The van der Waals surface area contributed by atoms with Gasteiger partial charge < -0.3 is 4.74 Å². The number of rotatable bonds is 4. The van der Waals surface area contributed by atoms with Crippen LogP contribution >= 0.6 is 0 Å². The van der Waals surface area contributed by atoms with Crippen molar-refractivity contribution in [1.82, 2.24) is 0 Å². The molecule has 0 aromatic heterocycles. The number of methoxy groups -OCH3 is 1. The summed E-state index contributed by atoms with van der Waals surface area (Å²) >= 11 is 0. The summed E-state index contributed by atoms with van der Waals surface area (Å²) < 4.78 is 18.3. The summed E-state index contributed by atoms with van der Waals surface area (Å²) in [4.78, 5) is 23.7. The van der Waals surface area contributed by atoms with Crippen molar-refractivity contribution >= 4 is 11.6 Å². The summed E-state index contributed by atoms with van der Waals surface area (Å²) in [6.07, 6.45) is 0.381. The molecule has 1 unspecified atom stereocenters. The Kier molecular flexibility index (Phi) is 3.33. The molecule has 0 fully saturated rings. The van der Waals surface area contributed by atoms with Crippen LogP contribution in [-0.4, -0.2) is 25.3 Å². The average molecular weight is 236 g/mol. The van der Waals surface area contributed by atoms with Crippen molar-refractivity contribution in [2.45, 2.75) is 12.8 Å². The van der Waals surface area contributed by atoms with Gasteiger partial charge in [-0.05, 0) is 18.1 Å². The molecule has 0 heterocycles. The Morgan fingerprint density at radius 1 is 1.53 bits per heavy atom. The van der Waals surface area contributed by atoms with Crippen LogP contribution < -0.4 is 0 Å². The van der Waals surface area contributed by atoms with Gasteiger partial charge in [-0.15, -0.1) is 0 Å². The molecule has 1 aliphatic rings. The Balaban J connectivity index is 2.20. The van der Waals surface area contributed by atoms with Gasteiger partial charge in [-0.2, -0.15) is 0 Å². The number of hydrogen-bond donors (Lipinski definition) is 0. The molecule has 1 aromatic rings. The lowest BCUT2D eigenvalue weighted by Gasteiger charge is -2.05. The van der Waals surface area contributed by atoms with Crippen LogP contribution in [0.5, 0.6) is 0 Å². The first-order valence-electron chi connectivity index (χ1n) is 5.48. The number of ketones is 2. The van der Waals surface area contributed by atoms with Crippen molar-refractivity contribution in [3.63, 3.8) is 0 Å². The first-order valence-corrected chi connectivity index (χ1v) is 5.48. The van der Waals surface area contributed by atoms with E-state index in [1.165, 1.54) is 19.2 Å². The summed E-state index contributed by atoms with van der Waals surface area (Å²) in [5, 5.41) is 0. The van der Waals surface area contributed by atoms with Crippen LogP contribution in [-0.2, 0) is 16.0 Å². The number of hydrogen-bond acceptors (Lipinski definition) is 3. The van der Waals surface area contributed by atoms with Gasteiger partial charge in [0.15, 0.2) is 5.78 Å². The summed E-state index contributed by atoms with van der Waals surface area (Å²) in [6, 6.07) is 4.38. The second kappa shape index (κ2) is 4.75. The maximum Gasteiger partial charge on any atom is 0.174 e. The minimum Gasteiger partial charge on any atom is -0.384 e. The zero-order valence-corrected chi connectivity index (χ0v) is 9.53. The molecule has 90 valence electrons. The number of carbonyl (C=O) groups excluding carboxylic acids is 2. The minimum absolute atomic E-state index is 0.174. The summed E-state index contributed by atoms with van der Waals surface area (Å²) in [5.41, 5.74) is 0.717. The van der Waals surface area contributed by atoms with E-state index in [-0.39, 0.29) is 24.4 Å². The van der Waals surface area contributed by atoms with E-state index >= 15 is 0 Å². The lowest BCUT2D eigenvalue weighted by molar-refractivity contribution is -0.122. The molecule has 2 rings (SSSR count). The quantitative estimate of drug-likeness (QED) is 0.748. The van der Waals surface area contributed by atoms with E-state index in [9.17, 15) is 14.0 Å². The zero-order valence-electron chi connectivity index (χ0n) is 9.53. The summed E-state index contributed by atoms with van der Waals surface area (Å²) in [6.45, 7) is 0.293. The van der Waals surface area contributed by atoms with Crippen LogP contribution in [0.1, 0.15) is 22.3 Å². The third-order valence-corrected chi connectivity index (χ3v) is 3.05. The van der Waals surface area contributed by atoms with Crippen LogP contribution in [0.2, 0.25) is 0 Å². The third kappa shape index (κ3) is 2.13. The molecule has 0 aliphatic heterocycles. The molecule has 0 saturated carbocycles. The van der Waals surface area contributed by atoms with E-state index in [0.717, 1.165) is 0 Å². The standard InChI is InChI=1S/C13H13FO3/c1-17-6-5-12(15)10-7-9-8(13(10)16)3-2-4-11(9)14/h2-4,10H,5-7H2,1H3. The Morgan fingerprint density at radius 3 is 2.94 bits per heavy atom. The number of fused-ring (bicyclic) bond motifs is 1. The normalized spacial score (nSPS) is 18.2. The monoisotopic (exact) mass is 236 g/mol. The maximum atomic E-state index is 13.5. The molecule has 1 aliphatic carbocycles. The molecular weight excluding hydrogens is 223 g/mol. The zero-order chi connectivity index (χ0) is 12.4. The fourth-order valence-electron chi connectivity index (χ4n) is 2.12. The lowest BCUT2D eigenvalue weighted by Crippen LogP contribution is -2.21. The van der Waals surface area contributed by atoms with E-state index in [0.29, 0.717) is 17.7 Å². The molecular formula is C13H13FO3. The average Bonchev–Trinajstić information content (AvgIpc) is 2.66. The number of ether oxygens (including phenoxy) is 1. The van der Waals surface area contributed by atoms with Crippen LogP contribution in [0.4, 0.5) is 4.39 Å². The van der Waals surface area contributed by atoms with Crippen molar-refractivity contribution in [2.24, 2.45) is 5.92 Å². The fraction of sp³-hybridized carbons (Fsp3) is 0.385. The molecule has 4 heteroatoms. The molecule has 1 aromatic carbocycles. The summed E-state index contributed by atoms with van der Waals surface area (Å²) in [5.74, 6) is -1.57. The van der Waals surface area contributed by atoms with Crippen LogP contribution in [0.3, 0.4) is 0 Å². The van der Waals surface area contributed by atoms with Gasteiger partial charge in [-0.1, -0.05) is 12.1 Å². The smallest absolute Gasteiger partial charge is 0.174 e.